The highest BCUT2D eigenvalue weighted by Gasteiger charge is 2.16. The molecule has 0 bridgehead atoms. The Labute approximate surface area is 125 Å². The van der Waals surface area contributed by atoms with Gasteiger partial charge in [0, 0.05) is 9.75 Å². The predicted molar refractivity (Wildman–Crippen MR) is 86.8 cm³/mol. The van der Waals surface area contributed by atoms with E-state index >= 15 is 0 Å². The molecule has 2 nitrogen and oxygen atoms in total. The van der Waals surface area contributed by atoms with Crippen LogP contribution in [0, 0.1) is 0 Å². The molecule has 0 aliphatic rings. The molecule has 2 aromatic rings. The van der Waals surface area contributed by atoms with Crippen molar-refractivity contribution in [2.24, 2.45) is 0 Å². The van der Waals surface area contributed by atoms with Crippen molar-refractivity contribution >= 4 is 11.3 Å². The lowest BCUT2D eigenvalue weighted by Crippen LogP contribution is -2.22. The molecule has 0 spiro atoms. The molecule has 0 radical (unpaired) electrons. The number of hydrogen-bond donors (Lipinski definition) is 1. The minimum atomic E-state index is 0.260. The van der Waals surface area contributed by atoms with Gasteiger partial charge in [-0.05, 0) is 49.2 Å². The molecule has 1 atom stereocenters. The van der Waals surface area contributed by atoms with Crippen LogP contribution < -0.4 is 10.1 Å². The molecule has 0 aliphatic carbocycles. The summed E-state index contributed by atoms with van der Waals surface area (Å²) in [5.41, 5.74) is 1.27. The molecule has 3 heteroatoms. The predicted octanol–water partition coefficient (Wildman–Crippen LogP) is 4.41. The van der Waals surface area contributed by atoms with E-state index in [4.69, 9.17) is 4.74 Å². The molecule has 1 heterocycles. The van der Waals surface area contributed by atoms with Crippen molar-refractivity contribution in [3.63, 3.8) is 0 Å². The van der Waals surface area contributed by atoms with Crippen molar-refractivity contribution in [2.75, 3.05) is 13.7 Å². The van der Waals surface area contributed by atoms with Crippen LogP contribution in [0.4, 0.5) is 0 Å². The van der Waals surface area contributed by atoms with Gasteiger partial charge < -0.3 is 10.1 Å². The second-order valence-electron chi connectivity index (χ2n) is 4.82. The summed E-state index contributed by atoms with van der Waals surface area (Å²) in [6, 6.07) is 13.1. The molecule has 1 N–H and O–H groups in total. The third-order valence-corrected chi connectivity index (χ3v) is 4.64. The standard InChI is InChI=1S/C17H23NOS/c1-4-11-18-17(16-10-9-15(5-2)20-16)13-7-6-8-14(12-13)19-3/h6-10,12,17-18H,4-5,11H2,1-3H3. The van der Waals surface area contributed by atoms with Crippen LogP contribution in [0.2, 0.25) is 0 Å². The Morgan fingerprint density at radius 3 is 2.70 bits per heavy atom. The molecular weight excluding hydrogens is 266 g/mol. The van der Waals surface area contributed by atoms with Crippen LogP contribution in [0.15, 0.2) is 36.4 Å². The number of nitrogens with one attached hydrogen (secondary N) is 1. The fraction of sp³-hybridized carbons (Fsp3) is 0.412. The number of aryl methyl sites for hydroxylation is 1. The minimum absolute atomic E-state index is 0.260. The van der Waals surface area contributed by atoms with Gasteiger partial charge in [0.1, 0.15) is 5.75 Å². The monoisotopic (exact) mass is 289 g/mol. The van der Waals surface area contributed by atoms with Gasteiger partial charge in [-0.25, -0.2) is 0 Å². The summed E-state index contributed by atoms with van der Waals surface area (Å²) in [5, 5.41) is 3.65. The summed E-state index contributed by atoms with van der Waals surface area (Å²) < 4.78 is 5.35. The maximum Gasteiger partial charge on any atom is 0.119 e. The van der Waals surface area contributed by atoms with Gasteiger partial charge in [0.05, 0.1) is 13.2 Å². The first-order valence-electron chi connectivity index (χ1n) is 7.24. The molecule has 108 valence electrons. The van der Waals surface area contributed by atoms with Gasteiger partial charge in [0.25, 0.3) is 0 Å². The zero-order chi connectivity index (χ0) is 14.4. The van der Waals surface area contributed by atoms with Gasteiger partial charge in [-0.1, -0.05) is 26.0 Å². The molecule has 20 heavy (non-hydrogen) atoms. The van der Waals surface area contributed by atoms with Crippen molar-refractivity contribution in [3.8, 4) is 5.75 Å². The minimum Gasteiger partial charge on any atom is -0.497 e. The Morgan fingerprint density at radius 2 is 2.05 bits per heavy atom. The molecule has 0 aliphatic heterocycles. The van der Waals surface area contributed by atoms with E-state index in [2.05, 4.69) is 49.5 Å². The van der Waals surface area contributed by atoms with Crippen LogP contribution in [-0.4, -0.2) is 13.7 Å². The Bertz CT molecular complexity index is 535. The molecule has 0 amide bonds. The van der Waals surface area contributed by atoms with E-state index in [1.165, 1.54) is 15.3 Å². The molecule has 1 aromatic heterocycles. The normalized spacial score (nSPS) is 12.3. The fourth-order valence-electron chi connectivity index (χ4n) is 2.23. The van der Waals surface area contributed by atoms with E-state index in [1.807, 2.05) is 17.4 Å². The lowest BCUT2D eigenvalue weighted by Gasteiger charge is -2.18. The second-order valence-corrected chi connectivity index (χ2v) is 6.02. The Morgan fingerprint density at radius 1 is 1.20 bits per heavy atom. The SMILES string of the molecule is CCCNC(c1cccc(OC)c1)c1ccc(CC)s1. The van der Waals surface area contributed by atoms with Crippen molar-refractivity contribution in [3.05, 3.63) is 51.7 Å². The first kappa shape index (κ1) is 15.1. The molecule has 1 aromatic carbocycles. The summed E-state index contributed by atoms with van der Waals surface area (Å²) in [5.74, 6) is 0.915. The van der Waals surface area contributed by atoms with E-state index in [9.17, 15) is 0 Å². The van der Waals surface area contributed by atoms with E-state index in [1.54, 1.807) is 7.11 Å². The smallest absolute Gasteiger partial charge is 0.119 e. The molecule has 0 fully saturated rings. The number of methoxy groups -OCH3 is 1. The Balaban J connectivity index is 2.30. The number of benzene rings is 1. The van der Waals surface area contributed by atoms with Gasteiger partial charge in [-0.2, -0.15) is 0 Å². The van der Waals surface area contributed by atoms with Crippen LogP contribution in [0.3, 0.4) is 0 Å². The maximum atomic E-state index is 5.35. The number of rotatable bonds is 7. The summed E-state index contributed by atoms with van der Waals surface area (Å²) in [6.07, 6.45) is 2.23. The topological polar surface area (TPSA) is 21.3 Å². The van der Waals surface area contributed by atoms with Crippen LogP contribution in [0.1, 0.15) is 41.6 Å². The zero-order valence-electron chi connectivity index (χ0n) is 12.5. The van der Waals surface area contributed by atoms with Crippen LogP contribution >= 0.6 is 11.3 Å². The lowest BCUT2D eigenvalue weighted by atomic mass is 10.0. The first-order chi connectivity index (χ1) is 9.78. The highest BCUT2D eigenvalue weighted by Crippen LogP contribution is 2.30. The summed E-state index contributed by atoms with van der Waals surface area (Å²) in [7, 11) is 1.72. The highest BCUT2D eigenvalue weighted by atomic mass is 32.1. The van der Waals surface area contributed by atoms with Crippen molar-refractivity contribution in [1.29, 1.82) is 0 Å². The van der Waals surface area contributed by atoms with Gasteiger partial charge in [-0.15, -0.1) is 11.3 Å². The van der Waals surface area contributed by atoms with Gasteiger partial charge in [0.2, 0.25) is 0 Å². The Hall–Kier alpha value is -1.32. The van der Waals surface area contributed by atoms with Gasteiger partial charge in [0.15, 0.2) is 0 Å². The van der Waals surface area contributed by atoms with E-state index < -0.39 is 0 Å². The van der Waals surface area contributed by atoms with Crippen molar-refractivity contribution < 1.29 is 4.74 Å². The van der Waals surface area contributed by atoms with Crippen LogP contribution in [0.5, 0.6) is 5.75 Å². The molecule has 2 rings (SSSR count). The van der Waals surface area contributed by atoms with E-state index in [0.717, 1.165) is 25.1 Å². The number of hydrogen-bond acceptors (Lipinski definition) is 3. The molecule has 0 saturated heterocycles. The number of thiophene rings is 1. The first-order valence-corrected chi connectivity index (χ1v) is 8.06. The van der Waals surface area contributed by atoms with Gasteiger partial charge in [-0.3, -0.25) is 0 Å². The van der Waals surface area contributed by atoms with Gasteiger partial charge >= 0.3 is 0 Å². The molecule has 0 saturated carbocycles. The Kier molecular flexibility index (Phi) is 5.62. The number of ether oxygens (including phenoxy) is 1. The third kappa shape index (κ3) is 3.62. The molecular formula is C17H23NOS. The summed E-state index contributed by atoms with van der Waals surface area (Å²) >= 11 is 1.90. The van der Waals surface area contributed by atoms with Crippen molar-refractivity contribution in [2.45, 2.75) is 32.7 Å². The largest absolute Gasteiger partial charge is 0.497 e. The maximum absolute atomic E-state index is 5.35. The summed E-state index contributed by atoms with van der Waals surface area (Å²) in [6.45, 7) is 5.42. The fourth-order valence-corrected chi connectivity index (χ4v) is 3.29. The quantitative estimate of drug-likeness (QED) is 0.815. The van der Waals surface area contributed by atoms with Crippen LogP contribution in [0.25, 0.3) is 0 Å². The average molecular weight is 289 g/mol. The van der Waals surface area contributed by atoms with E-state index in [-0.39, 0.29) is 6.04 Å². The lowest BCUT2D eigenvalue weighted by molar-refractivity contribution is 0.413. The third-order valence-electron chi connectivity index (χ3n) is 3.34. The summed E-state index contributed by atoms with van der Waals surface area (Å²) in [4.78, 5) is 2.81. The second kappa shape index (κ2) is 7.46. The molecule has 1 unspecified atom stereocenters. The van der Waals surface area contributed by atoms with Crippen LogP contribution in [-0.2, 0) is 6.42 Å². The zero-order valence-corrected chi connectivity index (χ0v) is 13.3. The van der Waals surface area contributed by atoms with E-state index in [0.29, 0.717) is 0 Å². The van der Waals surface area contributed by atoms with Crippen molar-refractivity contribution in [1.82, 2.24) is 5.32 Å². The highest BCUT2D eigenvalue weighted by molar-refractivity contribution is 7.12. The average Bonchev–Trinajstić information content (AvgIpc) is 2.97.